The first kappa shape index (κ1) is 16.6. The molecule has 0 spiro atoms. The van der Waals surface area contributed by atoms with Gasteiger partial charge in [-0.1, -0.05) is 13.3 Å². The van der Waals surface area contributed by atoms with E-state index in [0.29, 0.717) is 29.4 Å². The van der Waals surface area contributed by atoms with Crippen molar-refractivity contribution in [3.05, 3.63) is 10.7 Å². The number of nitrogens with zero attached hydrogens (tertiary/aromatic N) is 2. The zero-order chi connectivity index (χ0) is 14.5. The molecule has 1 N–H and O–H groups in total. The Morgan fingerprint density at radius 2 is 1.89 bits per heavy atom. The molecule has 0 aliphatic carbocycles. The van der Waals surface area contributed by atoms with Crippen LogP contribution in [0.15, 0.2) is 4.21 Å². The predicted molar refractivity (Wildman–Crippen MR) is 77.0 cm³/mol. The van der Waals surface area contributed by atoms with E-state index in [1.54, 1.807) is 13.8 Å². The first-order valence-corrected chi connectivity index (χ1v) is 8.74. The van der Waals surface area contributed by atoms with Gasteiger partial charge in [0.15, 0.2) is 4.21 Å². The quantitative estimate of drug-likeness (QED) is 0.796. The number of rotatable bonds is 8. The fourth-order valence-electron chi connectivity index (χ4n) is 1.80. The lowest BCUT2D eigenvalue weighted by Crippen LogP contribution is -2.33. The molecule has 1 aromatic heterocycles. The van der Waals surface area contributed by atoms with Crippen LogP contribution in [-0.4, -0.2) is 42.5 Å². The average Bonchev–Trinajstić information content (AvgIpc) is 2.69. The minimum absolute atomic E-state index is 0.00115. The predicted octanol–water partition coefficient (Wildman–Crippen LogP) is 1.93. The van der Waals surface area contributed by atoms with Crippen LogP contribution in [0.2, 0.25) is 0 Å². The second kappa shape index (κ2) is 7.33. The van der Waals surface area contributed by atoms with Gasteiger partial charge < -0.3 is 5.11 Å². The lowest BCUT2D eigenvalue weighted by molar-refractivity contribution is 0.268. The molecule has 110 valence electrons. The van der Waals surface area contributed by atoms with E-state index in [1.807, 2.05) is 6.92 Å². The summed E-state index contributed by atoms with van der Waals surface area (Å²) in [5, 5.41) is 9.66. The number of unbranched alkanes of at least 4 members (excludes halogenated alkanes) is 1. The standard InChI is InChI=1S/C12H22N2O3S2/c1-4-5-7-14(8-6-9-15)19(16,17)12-10(2)13-11(3)18-12/h15H,4-9H2,1-3H3. The molecule has 1 rings (SSSR count). The Morgan fingerprint density at radius 1 is 1.26 bits per heavy atom. The highest BCUT2D eigenvalue weighted by Gasteiger charge is 2.27. The Morgan fingerprint density at radius 3 is 2.37 bits per heavy atom. The molecule has 0 saturated carbocycles. The Hall–Kier alpha value is -0.500. The second-order valence-corrected chi connectivity index (χ2v) is 7.78. The number of aliphatic hydroxyl groups excluding tert-OH is 1. The summed E-state index contributed by atoms with van der Waals surface area (Å²) in [4.78, 5) is 4.18. The molecule has 0 amide bonds. The summed E-state index contributed by atoms with van der Waals surface area (Å²) < 4.78 is 27.0. The highest BCUT2D eigenvalue weighted by atomic mass is 32.2. The van der Waals surface area contributed by atoms with Gasteiger partial charge in [0.25, 0.3) is 10.0 Å². The molecule has 19 heavy (non-hydrogen) atoms. The summed E-state index contributed by atoms with van der Waals surface area (Å²) in [6.45, 7) is 6.41. The van der Waals surface area contributed by atoms with Gasteiger partial charge in [0.2, 0.25) is 0 Å². The monoisotopic (exact) mass is 306 g/mol. The van der Waals surface area contributed by atoms with Crippen LogP contribution in [0.25, 0.3) is 0 Å². The van der Waals surface area contributed by atoms with E-state index in [0.717, 1.165) is 17.8 Å². The van der Waals surface area contributed by atoms with Gasteiger partial charge in [0.1, 0.15) is 0 Å². The highest BCUT2D eigenvalue weighted by molar-refractivity contribution is 7.91. The summed E-state index contributed by atoms with van der Waals surface area (Å²) in [5.74, 6) is 0. The van der Waals surface area contributed by atoms with Crippen LogP contribution in [0, 0.1) is 13.8 Å². The van der Waals surface area contributed by atoms with Gasteiger partial charge in [-0.2, -0.15) is 4.31 Å². The van der Waals surface area contributed by atoms with Crippen LogP contribution in [0.5, 0.6) is 0 Å². The van der Waals surface area contributed by atoms with Crippen LogP contribution in [0.1, 0.15) is 36.9 Å². The molecule has 0 atom stereocenters. The van der Waals surface area contributed by atoms with E-state index in [2.05, 4.69) is 4.98 Å². The molecule has 0 saturated heterocycles. The SMILES string of the molecule is CCCCN(CCCO)S(=O)(=O)c1sc(C)nc1C. The van der Waals surface area contributed by atoms with Crippen molar-refractivity contribution >= 4 is 21.4 Å². The van der Waals surface area contributed by atoms with Crippen molar-refractivity contribution in [2.45, 2.75) is 44.2 Å². The van der Waals surface area contributed by atoms with Crippen molar-refractivity contribution in [3.8, 4) is 0 Å². The van der Waals surface area contributed by atoms with Crippen molar-refractivity contribution in [1.82, 2.24) is 9.29 Å². The second-order valence-electron chi connectivity index (χ2n) is 4.44. The molecule has 0 aromatic carbocycles. The van der Waals surface area contributed by atoms with Crippen molar-refractivity contribution < 1.29 is 13.5 Å². The molecule has 0 unspecified atom stereocenters. The number of aromatic nitrogens is 1. The normalized spacial score (nSPS) is 12.3. The molecule has 0 aliphatic heterocycles. The Kier molecular flexibility index (Phi) is 6.38. The molecule has 7 heteroatoms. The Balaban J connectivity index is 3.00. The number of thiazole rings is 1. The van der Waals surface area contributed by atoms with Crippen molar-refractivity contribution in [3.63, 3.8) is 0 Å². The van der Waals surface area contributed by atoms with Crippen LogP contribution >= 0.6 is 11.3 Å². The number of sulfonamides is 1. The molecule has 0 radical (unpaired) electrons. The molecule has 0 bridgehead atoms. The van der Waals surface area contributed by atoms with Crippen molar-refractivity contribution in [2.75, 3.05) is 19.7 Å². The maximum absolute atomic E-state index is 12.6. The molecule has 0 aliphatic rings. The van der Waals surface area contributed by atoms with E-state index in [4.69, 9.17) is 5.11 Å². The third-order valence-corrected chi connectivity index (χ3v) is 6.32. The lowest BCUT2D eigenvalue weighted by Gasteiger charge is -2.21. The minimum atomic E-state index is -3.48. The summed E-state index contributed by atoms with van der Waals surface area (Å²) >= 11 is 1.21. The van der Waals surface area contributed by atoms with Gasteiger partial charge in [-0.25, -0.2) is 13.4 Å². The van der Waals surface area contributed by atoms with Crippen molar-refractivity contribution in [1.29, 1.82) is 0 Å². The smallest absolute Gasteiger partial charge is 0.254 e. The van der Waals surface area contributed by atoms with Gasteiger partial charge in [-0.3, -0.25) is 0 Å². The summed E-state index contributed by atoms with van der Waals surface area (Å²) in [5.41, 5.74) is 0.563. The molecule has 1 heterocycles. The van der Waals surface area contributed by atoms with E-state index in [1.165, 1.54) is 15.6 Å². The molecule has 0 fully saturated rings. The number of aliphatic hydroxyl groups is 1. The zero-order valence-corrected chi connectivity index (χ0v) is 13.4. The van der Waals surface area contributed by atoms with E-state index < -0.39 is 10.0 Å². The summed E-state index contributed by atoms with van der Waals surface area (Å²) in [7, 11) is -3.48. The first-order chi connectivity index (χ1) is 8.93. The van der Waals surface area contributed by atoms with E-state index >= 15 is 0 Å². The number of hydrogen-bond donors (Lipinski definition) is 1. The molecular formula is C12H22N2O3S2. The average molecular weight is 306 g/mol. The third-order valence-electron chi connectivity index (χ3n) is 2.76. The lowest BCUT2D eigenvalue weighted by atomic mass is 10.3. The zero-order valence-electron chi connectivity index (χ0n) is 11.7. The van der Waals surface area contributed by atoms with Crippen LogP contribution in [0.3, 0.4) is 0 Å². The first-order valence-electron chi connectivity index (χ1n) is 6.48. The fourth-order valence-corrected chi connectivity index (χ4v) is 4.94. The van der Waals surface area contributed by atoms with Crippen molar-refractivity contribution in [2.24, 2.45) is 0 Å². The van der Waals surface area contributed by atoms with Crippen LogP contribution < -0.4 is 0 Å². The number of aryl methyl sites for hydroxylation is 2. The highest BCUT2D eigenvalue weighted by Crippen LogP contribution is 2.26. The molecule has 1 aromatic rings. The minimum Gasteiger partial charge on any atom is -0.396 e. The van der Waals surface area contributed by atoms with Gasteiger partial charge in [0, 0.05) is 19.7 Å². The Bertz CT molecular complexity index is 489. The molecule has 5 nitrogen and oxygen atoms in total. The van der Waals surface area contributed by atoms with Crippen LogP contribution in [0.4, 0.5) is 0 Å². The fraction of sp³-hybridized carbons (Fsp3) is 0.750. The van der Waals surface area contributed by atoms with Gasteiger partial charge in [0.05, 0.1) is 10.7 Å². The van der Waals surface area contributed by atoms with Gasteiger partial charge in [-0.05, 0) is 26.7 Å². The third kappa shape index (κ3) is 4.24. The van der Waals surface area contributed by atoms with Crippen LogP contribution in [-0.2, 0) is 10.0 Å². The molecular weight excluding hydrogens is 284 g/mol. The van der Waals surface area contributed by atoms with Gasteiger partial charge >= 0.3 is 0 Å². The van der Waals surface area contributed by atoms with Gasteiger partial charge in [-0.15, -0.1) is 11.3 Å². The summed E-state index contributed by atoms with van der Waals surface area (Å²) in [6, 6.07) is 0. The number of hydrogen-bond acceptors (Lipinski definition) is 5. The maximum Gasteiger partial charge on any atom is 0.254 e. The summed E-state index contributed by atoms with van der Waals surface area (Å²) in [6.07, 6.45) is 2.22. The maximum atomic E-state index is 12.6. The topological polar surface area (TPSA) is 70.5 Å². The largest absolute Gasteiger partial charge is 0.396 e. The Labute approximate surface area is 119 Å². The van der Waals surface area contributed by atoms with E-state index in [-0.39, 0.29) is 6.61 Å². The van der Waals surface area contributed by atoms with E-state index in [9.17, 15) is 8.42 Å².